The number of nitrogens with zero attached hydrogens (tertiary/aromatic N) is 3. The van der Waals surface area contributed by atoms with Gasteiger partial charge in [0.2, 0.25) is 5.91 Å². The molecule has 3 N–H and O–H groups in total. The number of aliphatic imine (C=N–C) groups is 1. The van der Waals surface area contributed by atoms with E-state index < -0.39 is 6.04 Å². The molecule has 6 heteroatoms. The Labute approximate surface area is 159 Å². The number of allylic oxidation sites excluding steroid dienone is 1. The van der Waals surface area contributed by atoms with E-state index in [9.17, 15) is 4.79 Å². The molecule has 0 radical (unpaired) electrons. The zero-order valence-electron chi connectivity index (χ0n) is 15.3. The van der Waals surface area contributed by atoms with E-state index in [1.807, 2.05) is 36.7 Å². The Kier molecular flexibility index (Phi) is 6.44. The van der Waals surface area contributed by atoms with Crippen molar-refractivity contribution in [3.8, 4) is 0 Å². The maximum atomic E-state index is 11.9. The average molecular weight is 363 g/mol. The molecule has 140 valence electrons. The summed E-state index contributed by atoms with van der Waals surface area (Å²) in [7, 11) is 0. The predicted octanol–water partition coefficient (Wildman–Crippen LogP) is 2.24. The van der Waals surface area contributed by atoms with Gasteiger partial charge in [0.1, 0.15) is 6.04 Å². The Morgan fingerprint density at radius 2 is 2.04 bits per heavy atom. The molecule has 1 amide bonds. The summed E-state index contributed by atoms with van der Waals surface area (Å²) in [6.45, 7) is 1.42. The van der Waals surface area contributed by atoms with Crippen molar-refractivity contribution >= 4 is 12.1 Å². The topological polar surface area (TPSA) is 93.3 Å². The van der Waals surface area contributed by atoms with E-state index in [2.05, 4.69) is 32.4 Å². The van der Waals surface area contributed by atoms with Gasteiger partial charge in [-0.15, -0.1) is 0 Å². The summed E-state index contributed by atoms with van der Waals surface area (Å²) in [6.07, 6.45) is 15.9. The Morgan fingerprint density at radius 3 is 2.70 bits per heavy atom. The van der Waals surface area contributed by atoms with Crippen LogP contribution >= 0.6 is 0 Å². The van der Waals surface area contributed by atoms with Crippen LogP contribution in [0.2, 0.25) is 0 Å². The summed E-state index contributed by atoms with van der Waals surface area (Å²) in [5, 5.41) is 3.31. The summed E-state index contributed by atoms with van der Waals surface area (Å²) < 4.78 is 0. The summed E-state index contributed by atoms with van der Waals surface area (Å²) in [5.74, 6) is -0.386. The van der Waals surface area contributed by atoms with Crippen LogP contribution in [0.3, 0.4) is 0 Å². The number of pyridine rings is 2. The van der Waals surface area contributed by atoms with E-state index >= 15 is 0 Å². The molecule has 1 aliphatic heterocycles. The maximum Gasteiger partial charge on any atom is 0.239 e. The standard InChI is InChI=1S/C21H25N5O/c22-20(27)19(18-5-12-23-13-6-18)26-14-9-21(7-2-11-25-16-21)8-4-17-3-1-10-24-15-17/h1-3,5-7,10-13,15,19,26H,4,8-9,14,16H2,(H2,22,27). The monoisotopic (exact) mass is 363 g/mol. The number of amides is 1. The highest BCUT2D eigenvalue weighted by Gasteiger charge is 2.28. The summed E-state index contributed by atoms with van der Waals surface area (Å²) in [6, 6.07) is 7.17. The van der Waals surface area contributed by atoms with E-state index in [1.54, 1.807) is 18.6 Å². The number of carbonyl (C=O) groups is 1. The van der Waals surface area contributed by atoms with Crippen molar-refractivity contribution in [3.05, 3.63) is 72.3 Å². The lowest BCUT2D eigenvalue weighted by atomic mass is 9.78. The first-order chi connectivity index (χ1) is 13.2. The second-order valence-corrected chi connectivity index (χ2v) is 6.89. The van der Waals surface area contributed by atoms with Crippen LogP contribution in [0.15, 0.2) is 66.2 Å². The first kappa shape index (κ1) is 18.9. The van der Waals surface area contributed by atoms with Gasteiger partial charge in [0, 0.05) is 43.0 Å². The van der Waals surface area contributed by atoms with Crippen molar-refractivity contribution in [3.63, 3.8) is 0 Å². The fraction of sp³-hybridized carbons (Fsp3) is 0.333. The molecule has 2 aromatic heterocycles. The molecule has 0 aromatic carbocycles. The van der Waals surface area contributed by atoms with Crippen LogP contribution in [-0.4, -0.2) is 35.2 Å². The van der Waals surface area contributed by atoms with Crippen LogP contribution in [0.1, 0.15) is 30.0 Å². The number of hydrogen-bond acceptors (Lipinski definition) is 5. The van der Waals surface area contributed by atoms with Crippen molar-refractivity contribution in [2.75, 3.05) is 13.1 Å². The van der Waals surface area contributed by atoms with Gasteiger partial charge >= 0.3 is 0 Å². The van der Waals surface area contributed by atoms with Gasteiger partial charge in [0.05, 0.1) is 0 Å². The smallest absolute Gasteiger partial charge is 0.239 e. The minimum atomic E-state index is -0.514. The molecular formula is C21H25N5O. The highest BCUT2D eigenvalue weighted by atomic mass is 16.1. The van der Waals surface area contributed by atoms with Gasteiger partial charge in [0.15, 0.2) is 0 Å². The summed E-state index contributed by atoms with van der Waals surface area (Å²) in [4.78, 5) is 24.5. The third-order valence-electron chi connectivity index (χ3n) is 4.98. The molecule has 27 heavy (non-hydrogen) atoms. The average Bonchev–Trinajstić information content (AvgIpc) is 2.72. The highest BCUT2D eigenvalue weighted by molar-refractivity contribution is 5.81. The number of hydrogen-bond donors (Lipinski definition) is 2. The van der Waals surface area contributed by atoms with Crippen molar-refractivity contribution in [1.82, 2.24) is 15.3 Å². The number of nitrogens with two attached hydrogens (primary N) is 1. The normalized spacial score (nSPS) is 19.7. The van der Waals surface area contributed by atoms with E-state index in [4.69, 9.17) is 5.73 Å². The highest BCUT2D eigenvalue weighted by Crippen LogP contribution is 2.32. The fourth-order valence-electron chi connectivity index (χ4n) is 3.39. The quantitative estimate of drug-likeness (QED) is 0.714. The molecule has 2 unspecified atom stereocenters. The van der Waals surface area contributed by atoms with E-state index in [0.29, 0.717) is 6.54 Å². The molecule has 0 aliphatic carbocycles. The Morgan fingerprint density at radius 1 is 1.19 bits per heavy atom. The van der Waals surface area contributed by atoms with Gasteiger partial charge in [-0.2, -0.15) is 0 Å². The van der Waals surface area contributed by atoms with Crippen molar-refractivity contribution in [2.45, 2.75) is 25.3 Å². The third-order valence-corrected chi connectivity index (χ3v) is 4.98. The SMILES string of the molecule is NC(=O)C(NCCC1(CCc2cccnc2)C=CC=NC1)c1ccncc1. The van der Waals surface area contributed by atoms with Crippen LogP contribution in [0.4, 0.5) is 0 Å². The Bertz CT molecular complexity index is 791. The van der Waals surface area contributed by atoms with Crippen molar-refractivity contribution < 1.29 is 4.79 Å². The molecule has 3 rings (SSSR count). The lowest BCUT2D eigenvalue weighted by Crippen LogP contribution is -2.37. The van der Waals surface area contributed by atoms with Crippen molar-refractivity contribution in [2.24, 2.45) is 16.1 Å². The van der Waals surface area contributed by atoms with E-state index in [0.717, 1.165) is 31.4 Å². The second-order valence-electron chi connectivity index (χ2n) is 6.89. The number of aromatic nitrogens is 2. The minimum absolute atomic E-state index is 0.0297. The molecule has 2 aromatic rings. The van der Waals surface area contributed by atoms with Gasteiger partial charge in [-0.3, -0.25) is 19.8 Å². The zero-order valence-corrected chi connectivity index (χ0v) is 15.3. The molecule has 2 atom stereocenters. The lowest BCUT2D eigenvalue weighted by molar-refractivity contribution is -0.120. The predicted molar refractivity (Wildman–Crippen MR) is 106 cm³/mol. The summed E-state index contributed by atoms with van der Waals surface area (Å²) in [5.41, 5.74) is 7.61. The first-order valence-corrected chi connectivity index (χ1v) is 9.18. The molecule has 0 saturated carbocycles. The largest absolute Gasteiger partial charge is 0.368 e. The van der Waals surface area contributed by atoms with Gasteiger partial charge in [-0.05, 0) is 61.2 Å². The van der Waals surface area contributed by atoms with Gasteiger partial charge in [-0.25, -0.2) is 0 Å². The fourth-order valence-corrected chi connectivity index (χ4v) is 3.39. The number of primary amides is 1. The van der Waals surface area contributed by atoms with Crippen LogP contribution in [0.5, 0.6) is 0 Å². The number of nitrogens with one attached hydrogen (secondary N) is 1. The van der Waals surface area contributed by atoms with Gasteiger partial charge in [-0.1, -0.05) is 12.1 Å². The van der Waals surface area contributed by atoms with Crippen LogP contribution in [0, 0.1) is 5.41 Å². The molecule has 6 nitrogen and oxygen atoms in total. The number of carbonyl (C=O) groups excluding carboxylic acids is 1. The minimum Gasteiger partial charge on any atom is -0.368 e. The Hall–Kier alpha value is -2.86. The zero-order chi connectivity index (χ0) is 19.0. The van der Waals surface area contributed by atoms with Gasteiger partial charge < -0.3 is 11.1 Å². The molecule has 0 spiro atoms. The third kappa shape index (κ3) is 5.31. The van der Waals surface area contributed by atoms with Gasteiger partial charge in [0.25, 0.3) is 0 Å². The maximum absolute atomic E-state index is 11.9. The molecule has 0 fully saturated rings. The summed E-state index contributed by atoms with van der Waals surface area (Å²) >= 11 is 0. The van der Waals surface area contributed by atoms with Crippen LogP contribution in [-0.2, 0) is 11.2 Å². The lowest BCUT2D eigenvalue weighted by Gasteiger charge is -2.31. The van der Waals surface area contributed by atoms with Crippen molar-refractivity contribution in [1.29, 1.82) is 0 Å². The molecule has 0 bridgehead atoms. The molecule has 0 saturated heterocycles. The Balaban J connectivity index is 1.62. The number of rotatable bonds is 9. The molecule has 3 heterocycles. The van der Waals surface area contributed by atoms with E-state index in [1.165, 1.54) is 5.56 Å². The molecule has 1 aliphatic rings. The number of dihydropyridines is 1. The van der Waals surface area contributed by atoms with Crippen LogP contribution in [0.25, 0.3) is 0 Å². The second kappa shape index (κ2) is 9.19. The molecular weight excluding hydrogens is 338 g/mol. The number of aryl methyl sites for hydroxylation is 1. The van der Waals surface area contributed by atoms with Crippen LogP contribution < -0.4 is 11.1 Å². The van der Waals surface area contributed by atoms with E-state index in [-0.39, 0.29) is 11.3 Å². The first-order valence-electron chi connectivity index (χ1n) is 9.18.